The number of carbonyl (C=O) groups excluding carboxylic acids is 1. The molecule has 25 heavy (non-hydrogen) atoms. The van der Waals surface area contributed by atoms with Crippen LogP contribution in [0.2, 0.25) is 5.02 Å². The topological polar surface area (TPSA) is 66.9 Å². The number of anilines is 1. The molecule has 2 aromatic heterocycles. The van der Waals surface area contributed by atoms with Crippen molar-refractivity contribution in [3.05, 3.63) is 88.8 Å². The average molecular weight is 353 g/mol. The number of aromatic nitrogens is 2. The Hall–Kier alpha value is -2.92. The molecule has 0 bridgehead atoms. The lowest BCUT2D eigenvalue weighted by molar-refractivity contribution is 0.0950. The van der Waals surface area contributed by atoms with Gasteiger partial charge in [0.1, 0.15) is 5.82 Å². The van der Waals surface area contributed by atoms with Gasteiger partial charge in [0.2, 0.25) is 0 Å². The van der Waals surface area contributed by atoms with Crippen molar-refractivity contribution >= 4 is 23.3 Å². The number of amides is 1. The van der Waals surface area contributed by atoms with Crippen molar-refractivity contribution in [1.82, 2.24) is 15.3 Å². The molecule has 0 aliphatic heterocycles. The van der Waals surface area contributed by atoms with Crippen molar-refractivity contribution in [3.8, 4) is 0 Å². The fraction of sp³-hybridized carbons (Fsp3) is 0.105. The van der Waals surface area contributed by atoms with E-state index in [-0.39, 0.29) is 5.91 Å². The number of benzene rings is 1. The Morgan fingerprint density at radius 2 is 1.80 bits per heavy atom. The predicted octanol–water partition coefficient (Wildman–Crippen LogP) is 3.67. The Labute approximate surface area is 151 Å². The normalized spacial score (nSPS) is 10.3. The molecular formula is C19H17ClN4O. The van der Waals surface area contributed by atoms with Crippen molar-refractivity contribution in [2.75, 3.05) is 5.32 Å². The molecule has 3 rings (SSSR count). The SMILES string of the molecule is O=C(NCc1ccccn1)c1ccc(NCc2ccccc2Cl)nc1. The summed E-state index contributed by atoms with van der Waals surface area (Å²) in [6.45, 7) is 0.948. The lowest BCUT2D eigenvalue weighted by Crippen LogP contribution is -2.23. The summed E-state index contributed by atoms with van der Waals surface area (Å²) >= 11 is 6.12. The fourth-order valence-corrected chi connectivity index (χ4v) is 2.44. The molecule has 2 N–H and O–H groups in total. The molecule has 0 saturated carbocycles. The minimum Gasteiger partial charge on any atom is -0.366 e. The zero-order chi connectivity index (χ0) is 17.5. The van der Waals surface area contributed by atoms with E-state index in [0.717, 1.165) is 11.3 Å². The van der Waals surface area contributed by atoms with Gasteiger partial charge in [0, 0.05) is 24.0 Å². The maximum Gasteiger partial charge on any atom is 0.253 e. The van der Waals surface area contributed by atoms with Crippen molar-refractivity contribution in [1.29, 1.82) is 0 Å². The van der Waals surface area contributed by atoms with Gasteiger partial charge in [-0.3, -0.25) is 9.78 Å². The third-order valence-electron chi connectivity index (χ3n) is 3.60. The Morgan fingerprint density at radius 1 is 0.960 bits per heavy atom. The first-order valence-corrected chi connectivity index (χ1v) is 8.21. The van der Waals surface area contributed by atoms with Crippen LogP contribution >= 0.6 is 11.6 Å². The number of nitrogens with zero attached hydrogens (tertiary/aromatic N) is 2. The number of hydrogen-bond acceptors (Lipinski definition) is 4. The summed E-state index contributed by atoms with van der Waals surface area (Å²) in [5.74, 6) is 0.497. The molecular weight excluding hydrogens is 336 g/mol. The van der Waals surface area contributed by atoms with Crippen molar-refractivity contribution in [2.45, 2.75) is 13.1 Å². The number of rotatable bonds is 6. The van der Waals surface area contributed by atoms with Crippen LogP contribution in [0.5, 0.6) is 0 Å². The van der Waals surface area contributed by atoms with Crippen LogP contribution in [0.4, 0.5) is 5.82 Å². The number of halogens is 1. The molecule has 1 aromatic carbocycles. The predicted molar refractivity (Wildman–Crippen MR) is 98.4 cm³/mol. The van der Waals surface area contributed by atoms with Gasteiger partial charge in [-0.15, -0.1) is 0 Å². The Balaban J connectivity index is 1.54. The maximum absolute atomic E-state index is 12.1. The first kappa shape index (κ1) is 16.9. The molecule has 5 nitrogen and oxygen atoms in total. The van der Waals surface area contributed by atoms with Crippen LogP contribution in [0, 0.1) is 0 Å². The van der Waals surface area contributed by atoms with Gasteiger partial charge in [0.05, 0.1) is 17.8 Å². The van der Waals surface area contributed by atoms with E-state index in [0.29, 0.717) is 29.5 Å². The van der Waals surface area contributed by atoms with Gasteiger partial charge in [-0.05, 0) is 35.9 Å². The Morgan fingerprint density at radius 3 is 2.52 bits per heavy atom. The van der Waals surface area contributed by atoms with Crippen LogP contribution in [-0.2, 0) is 13.1 Å². The van der Waals surface area contributed by atoms with Crippen LogP contribution in [0.25, 0.3) is 0 Å². The second-order valence-corrected chi connectivity index (χ2v) is 5.79. The van der Waals surface area contributed by atoms with E-state index in [1.165, 1.54) is 0 Å². The second kappa shape index (κ2) is 8.26. The van der Waals surface area contributed by atoms with E-state index in [1.807, 2.05) is 42.5 Å². The molecule has 0 aliphatic carbocycles. The summed E-state index contributed by atoms with van der Waals surface area (Å²) in [6, 6.07) is 16.7. The number of pyridine rings is 2. The second-order valence-electron chi connectivity index (χ2n) is 5.38. The summed E-state index contributed by atoms with van der Waals surface area (Å²) in [4.78, 5) is 20.6. The van der Waals surface area contributed by atoms with Crippen LogP contribution in [0.3, 0.4) is 0 Å². The molecule has 6 heteroatoms. The van der Waals surface area contributed by atoms with Gasteiger partial charge >= 0.3 is 0 Å². The third kappa shape index (κ3) is 4.78. The van der Waals surface area contributed by atoms with Crippen molar-refractivity contribution < 1.29 is 4.79 Å². The van der Waals surface area contributed by atoms with Crippen LogP contribution in [-0.4, -0.2) is 15.9 Å². The fourth-order valence-electron chi connectivity index (χ4n) is 2.24. The van der Waals surface area contributed by atoms with Gasteiger partial charge in [-0.1, -0.05) is 35.9 Å². The molecule has 0 saturated heterocycles. The molecule has 0 fully saturated rings. The number of nitrogens with one attached hydrogen (secondary N) is 2. The Bertz CT molecular complexity index is 838. The summed E-state index contributed by atoms with van der Waals surface area (Å²) in [5.41, 5.74) is 2.30. The van der Waals surface area contributed by atoms with E-state index in [4.69, 9.17) is 11.6 Å². The highest BCUT2D eigenvalue weighted by atomic mass is 35.5. The largest absolute Gasteiger partial charge is 0.366 e. The maximum atomic E-state index is 12.1. The van der Waals surface area contributed by atoms with Crippen molar-refractivity contribution in [3.63, 3.8) is 0 Å². The molecule has 0 aliphatic rings. The number of carbonyl (C=O) groups is 1. The molecule has 126 valence electrons. The van der Waals surface area contributed by atoms with Crippen molar-refractivity contribution in [2.24, 2.45) is 0 Å². The first-order chi connectivity index (χ1) is 12.2. The van der Waals surface area contributed by atoms with E-state index in [9.17, 15) is 4.79 Å². The molecule has 0 radical (unpaired) electrons. The van der Waals surface area contributed by atoms with Gasteiger partial charge in [0.15, 0.2) is 0 Å². The average Bonchev–Trinajstić information content (AvgIpc) is 2.67. The molecule has 3 aromatic rings. The van der Waals surface area contributed by atoms with Gasteiger partial charge in [-0.25, -0.2) is 4.98 Å². The highest BCUT2D eigenvalue weighted by Gasteiger charge is 2.06. The van der Waals surface area contributed by atoms with Gasteiger partial charge < -0.3 is 10.6 Å². The van der Waals surface area contributed by atoms with Crippen LogP contribution in [0.15, 0.2) is 67.0 Å². The molecule has 2 heterocycles. The molecule has 0 spiro atoms. The van der Waals surface area contributed by atoms with Crippen LogP contribution < -0.4 is 10.6 Å². The minimum atomic E-state index is -0.184. The zero-order valence-corrected chi connectivity index (χ0v) is 14.2. The highest BCUT2D eigenvalue weighted by molar-refractivity contribution is 6.31. The standard InChI is InChI=1S/C19H17ClN4O/c20-17-7-2-1-5-14(17)11-22-18-9-8-15(12-23-18)19(25)24-13-16-6-3-4-10-21-16/h1-10,12H,11,13H2,(H,22,23)(H,24,25). The smallest absolute Gasteiger partial charge is 0.253 e. The third-order valence-corrected chi connectivity index (χ3v) is 3.97. The first-order valence-electron chi connectivity index (χ1n) is 7.84. The Kier molecular flexibility index (Phi) is 5.59. The van der Waals surface area contributed by atoms with Crippen LogP contribution in [0.1, 0.15) is 21.6 Å². The molecule has 1 amide bonds. The summed E-state index contributed by atoms with van der Waals surface area (Å²) in [6.07, 6.45) is 3.24. The van der Waals surface area contributed by atoms with E-state index >= 15 is 0 Å². The van der Waals surface area contributed by atoms with E-state index < -0.39 is 0 Å². The van der Waals surface area contributed by atoms with E-state index in [1.54, 1.807) is 24.5 Å². The van der Waals surface area contributed by atoms with Gasteiger partial charge in [-0.2, -0.15) is 0 Å². The lowest BCUT2D eigenvalue weighted by atomic mass is 10.2. The minimum absolute atomic E-state index is 0.184. The highest BCUT2D eigenvalue weighted by Crippen LogP contribution is 2.16. The zero-order valence-electron chi connectivity index (χ0n) is 13.4. The van der Waals surface area contributed by atoms with E-state index in [2.05, 4.69) is 20.6 Å². The quantitative estimate of drug-likeness (QED) is 0.710. The summed E-state index contributed by atoms with van der Waals surface area (Å²) in [5, 5.41) is 6.72. The molecule has 0 unspecified atom stereocenters. The van der Waals surface area contributed by atoms with Gasteiger partial charge in [0.25, 0.3) is 5.91 Å². The number of hydrogen-bond donors (Lipinski definition) is 2. The molecule has 0 atom stereocenters. The monoisotopic (exact) mass is 352 g/mol. The summed E-state index contributed by atoms with van der Waals surface area (Å²) in [7, 11) is 0. The lowest BCUT2D eigenvalue weighted by Gasteiger charge is -2.08. The summed E-state index contributed by atoms with van der Waals surface area (Å²) < 4.78 is 0.